The first-order valence-corrected chi connectivity index (χ1v) is 7.26. The average molecular weight is 315 g/mol. The van der Waals surface area contributed by atoms with Gasteiger partial charge in [-0.15, -0.1) is 0 Å². The van der Waals surface area contributed by atoms with Crippen LogP contribution in [0.3, 0.4) is 0 Å². The number of benzene rings is 1. The quantitative estimate of drug-likeness (QED) is 0.925. The van der Waals surface area contributed by atoms with Gasteiger partial charge < -0.3 is 5.73 Å². The second-order valence-electron chi connectivity index (χ2n) is 5.12. The van der Waals surface area contributed by atoms with Gasteiger partial charge in [0.2, 0.25) is 0 Å². The van der Waals surface area contributed by atoms with E-state index in [1.54, 1.807) is 6.07 Å². The summed E-state index contributed by atoms with van der Waals surface area (Å²) in [5, 5.41) is 0. The Morgan fingerprint density at radius 3 is 2.94 bits per heavy atom. The van der Waals surface area contributed by atoms with Gasteiger partial charge in [0.15, 0.2) is 0 Å². The molecule has 1 aromatic rings. The maximum absolute atomic E-state index is 13.5. The Labute approximate surface area is 116 Å². The third-order valence-corrected chi connectivity index (χ3v) is 4.83. The first-order valence-electron chi connectivity index (χ1n) is 6.46. The van der Waals surface area contributed by atoms with E-state index in [0.29, 0.717) is 16.4 Å². The largest absolute Gasteiger partial charge is 0.330 e. The van der Waals surface area contributed by atoms with Crippen LogP contribution in [0.25, 0.3) is 0 Å². The summed E-state index contributed by atoms with van der Waals surface area (Å²) < 4.78 is 14.0. The van der Waals surface area contributed by atoms with Crippen LogP contribution < -0.4 is 5.73 Å². The molecule has 0 heterocycles. The Kier molecular flexibility index (Phi) is 4.76. The minimum Gasteiger partial charge on any atom is -0.330 e. The number of hydrogen-bond acceptors (Lipinski definition) is 2. The first kappa shape index (κ1) is 14.0. The normalized spacial score (nSPS) is 23.8. The number of nitrogens with two attached hydrogens (primary N) is 1. The number of rotatable bonds is 4. The van der Waals surface area contributed by atoms with Crippen LogP contribution in [-0.4, -0.2) is 24.5 Å². The van der Waals surface area contributed by atoms with Gasteiger partial charge in [-0.2, -0.15) is 0 Å². The highest BCUT2D eigenvalue weighted by atomic mass is 79.9. The van der Waals surface area contributed by atoms with Crippen molar-refractivity contribution in [3.8, 4) is 0 Å². The lowest BCUT2D eigenvalue weighted by molar-refractivity contribution is 0.192. The Balaban J connectivity index is 2.06. The molecule has 0 amide bonds. The van der Waals surface area contributed by atoms with E-state index in [-0.39, 0.29) is 5.82 Å². The molecule has 1 aliphatic rings. The Hall–Kier alpha value is -0.450. The highest BCUT2D eigenvalue weighted by molar-refractivity contribution is 9.10. The van der Waals surface area contributed by atoms with Crippen molar-refractivity contribution in [1.29, 1.82) is 0 Å². The van der Waals surface area contributed by atoms with Gasteiger partial charge in [0.1, 0.15) is 5.82 Å². The highest BCUT2D eigenvalue weighted by Crippen LogP contribution is 2.30. The molecule has 0 spiro atoms. The lowest BCUT2D eigenvalue weighted by Gasteiger charge is -2.29. The molecule has 2 atom stereocenters. The smallest absolute Gasteiger partial charge is 0.137 e. The molecule has 0 aliphatic heterocycles. The van der Waals surface area contributed by atoms with Gasteiger partial charge in [-0.05, 0) is 59.9 Å². The molecular weight excluding hydrogens is 295 g/mol. The van der Waals surface area contributed by atoms with Gasteiger partial charge in [0.05, 0.1) is 4.47 Å². The fourth-order valence-electron chi connectivity index (χ4n) is 2.93. The molecule has 0 saturated heterocycles. The third kappa shape index (κ3) is 2.92. The van der Waals surface area contributed by atoms with Gasteiger partial charge in [0.25, 0.3) is 0 Å². The molecule has 0 radical (unpaired) electrons. The van der Waals surface area contributed by atoms with Crippen LogP contribution in [0.15, 0.2) is 22.7 Å². The van der Waals surface area contributed by atoms with Crippen molar-refractivity contribution in [2.45, 2.75) is 31.8 Å². The molecule has 0 aromatic heterocycles. The van der Waals surface area contributed by atoms with Crippen molar-refractivity contribution in [3.63, 3.8) is 0 Å². The Bertz CT molecular complexity index is 411. The predicted molar refractivity (Wildman–Crippen MR) is 75.8 cm³/mol. The van der Waals surface area contributed by atoms with E-state index in [4.69, 9.17) is 5.73 Å². The van der Waals surface area contributed by atoms with Crippen molar-refractivity contribution >= 4 is 15.9 Å². The van der Waals surface area contributed by atoms with Crippen LogP contribution in [0.4, 0.5) is 4.39 Å². The summed E-state index contributed by atoms with van der Waals surface area (Å²) in [6.45, 7) is 1.51. The summed E-state index contributed by atoms with van der Waals surface area (Å²) in [5.41, 5.74) is 6.81. The zero-order valence-electron chi connectivity index (χ0n) is 10.7. The molecule has 2 rings (SSSR count). The summed E-state index contributed by atoms with van der Waals surface area (Å²) >= 11 is 3.32. The maximum atomic E-state index is 13.5. The standard InChI is InChI=1S/C14H20BrFN2/c1-18(13-7-3-4-10(13)8-17)9-11-5-2-6-12(16)14(11)15/h2,5-6,10,13H,3-4,7-9,17H2,1H3. The second kappa shape index (κ2) is 6.13. The zero-order chi connectivity index (χ0) is 13.1. The minimum atomic E-state index is -0.192. The predicted octanol–water partition coefficient (Wildman–Crippen LogP) is 3.15. The molecule has 18 heavy (non-hydrogen) atoms. The molecule has 1 aliphatic carbocycles. The van der Waals surface area contributed by atoms with Gasteiger partial charge in [-0.1, -0.05) is 18.6 Å². The van der Waals surface area contributed by atoms with E-state index in [0.717, 1.165) is 18.7 Å². The monoisotopic (exact) mass is 314 g/mol. The Morgan fingerprint density at radius 2 is 2.22 bits per heavy atom. The first-order chi connectivity index (χ1) is 8.63. The number of hydrogen-bond donors (Lipinski definition) is 1. The van der Waals surface area contributed by atoms with Crippen LogP contribution in [0, 0.1) is 11.7 Å². The summed E-state index contributed by atoms with van der Waals surface area (Å²) in [6.07, 6.45) is 3.67. The molecular formula is C14H20BrFN2. The second-order valence-corrected chi connectivity index (χ2v) is 5.92. The fraction of sp³-hybridized carbons (Fsp3) is 0.571. The lowest BCUT2D eigenvalue weighted by Crippen LogP contribution is -2.37. The van der Waals surface area contributed by atoms with Gasteiger partial charge in [0, 0.05) is 12.6 Å². The van der Waals surface area contributed by atoms with Crippen LogP contribution >= 0.6 is 15.9 Å². The van der Waals surface area contributed by atoms with Crippen molar-refractivity contribution in [3.05, 3.63) is 34.1 Å². The molecule has 1 aromatic carbocycles. The molecule has 2 nitrogen and oxygen atoms in total. The molecule has 2 unspecified atom stereocenters. The SMILES string of the molecule is CN(Cc1cccc(F)c1Br)C1CCCC1CN. The van der Waals surface area contributed by atoms with Gasteiger partial charge in [-0.25, -0.2) is 4.39 Å². The summed E-state index contributed by atoms with van der Waals surface area (Å²) in [4.78, 5) is 2.31. The van der Waals surface area contributed by atoms with Crippen molar-refractivity contribution in [1.82, 2.24) is 4.90 Å². The highest BCUT2D eigenvalue weighted by Gasteiger charge is 2.29. The summed E-state index contributed by atoms with van der Waals surface area (Å²) in [6, 6.07) is 5.74. The summed E-state index contributed by atoms with van der Waals surface area (Å²) in [7, 11) is 2.11. The molecule has 4 heteroatoms. The topological polar surface area (TPSA) is 29.3 Å². The summed E-state index contributed by atoms with van der Waals surface area (Å²) in [5.74, 6) is 0.394. The fourth-order valence-corrected chi connectivity index (χ4v) is 3.32. The number of halogens is 2. The van der Waals surface area contributed by atoms with E-state index in [1.807, 2.05) is 6.07 Å². The van der Waals surface area contributed by atoms with Crippen molar-refractivity contribution < 1.29 is 4.39 Å². The van der Waals surface area contributed by atoms with Crippen molar-refractivity contribution in [2.75, 3.05) is 13.6 Å². The Morgan fingerprint density at radius 1 is 1.44 bits per heavy atom. The molecule has 0 bridgehead atoms. The van der Waals surface area contributed by atoms with E-state index >= 15 is 0 Å². The minimum absolute atomic E-state index is 0.192. The van der Waals surface area contributed by atoms with E-state index in [2.05, 4.69) is 27.9 Å². The van der Waals surface area contributed by atoms with E-state index in [9.17, 15) is 4.39 Å². The zero-order valence-corrected chi connectivity index (χ0v) is 12.3. The molecule has 1 fully saturated rings. The van der Waals surface area contributed by atoms with E-state index in [1.165, 1.54) is 25.3 Å². The van der Waals surface area contributed by atoms with Crippen LogP contribution in [-0.2, 0) is 6.54 Å². The molecule has 100 valence electrons. The van der Waals surface area contributed by atoms with Gasteiger partial charge in [-0.3, -0.25) is 4.90 Å². The van der Waals surface area contributed by atoms with Crippen LogP contribution in [0.1, 0.15) is 24.8 Å². The molecule has 1 saturated carbocycles. The number of nitrogens with zero attached hydrogens (tertiary/aromatic N) is 1. The maximum Gasteiger partial charge on any atom is 0.137 e. The van der Waals surface area contributed by atoms with Gasteiger partial charge >= 0.3 is 0 Å². The van der Waals surface area contributed by atoms with E-state index < -0.39 is 0 Å². The molecule has 2 N–H and O–H groups in total. The van der Waals surface area contributed by atoms with Crippen LogP contribution in [0.5, 0.6) is 0 Å². The average Bonchev–Trinajstić information content (AvgIpc) is 2.83. The van der Waals surface area contributed by atoms with Crippen LogP contribution in [0.2, 0.25) is 0 Å². The third-order valence-electron chi connectivity index (χ3n) is 3.94. The van der Waals surface area contributed by atoms with Crippen molar-refractivity contribution in [2.24, 2.45) is 11.7 Å². The lowest BCUT2D eigenvalue weighted by atomic mass is 10.0.